The van der Waals surface area contributed by atoms with Gasteiger partial charge in [0.15, 0.2) is 17.3 Å². The molecular formula is C20H21N7O8. The van der Waals surface area contributed by atoms with Crippen molar-refractivity contribution in [3.63, 3.8) is 0 Å². The molecule has 2 aromatic heterocycles. The van der Waals surface area contributed by atoms with Gasteiger partial charge in [0.25, 0.3) is 11.8 Å². The van der Waals surface area contributed by atoms with Crippen LogP contribution in [0, 0.1) is 5.92 Å². The van der Waals surface area contributed by atoms with E-state index in [1.165, 1.54) is 18.5 Å². The summed E-state index contributed by atoms with van der Waals surface area (Å²) in [4.78, 5) is 28.7. The molecule has 1 aliphatic carbocycles. The van der Waals surface area contributed by atoms with Gasteiger partial charge < -0.3 is 40.3 Å². The molecule has 1 saturated carbocycles. The third-order valence-electron chi connectivity index (χ3n) is 4.82. The maximum Gasteiger partial charge on any atom is 0.369 e. The van der Waals surface area contributed by atoms with Crippen molar-refractivity contribution in [1.82, 2.24) is 25.7 Å². The molecule has 2 heterocycles. The van der Waals surface area contributed by atoms with Crippen LogP contribution in [0.3, 0.4) is 0 Å². The van der Waals surface area contributed by atoms with Gasteiger partial charge in [-0.15, -0.1) is 10.2 Å². The molecule has 15 nitrogen and oxygen atoms in total. The molecule has 15 heteroatoms. The molecule has 0 radical (unpaired) electrons. The lowest BCUT2D eigenvalue weighted by atomic mass is 10.1. The Morgan fingerprint density at radius 3 is 2.60 bits per heavy atom. The summed E-state index contributed by atoms with van der Waals surface area (Å²) in [6.07, 6.45) is -1.99. The fraction of sp³-hybridized carbons (Fsp3) is 0.300. The normalized spacial score (nSPS) is 13.3. The number of ether oxygens (including phenoxy) is 1. The van der Waals surface area contributed by atoms with Crippen molar-refractivity contribution >= 4 is 29.0 Å². The standard InChI is InChI=1S/C20H21N7O8/c1-34-16-10(17-23-14(8-28)35-27-17)3-2-4-11(16)21-12-7-13(22-18(29)9-5-6-9)25-26-15(12)19(30)24-20(31,32)33/h2-4,7,9,28,31-33H,5-6,8H2,1H3,(H,24,30)(H2,21,22,25,29). The van der Waals surface area contributed by atoms with E-state index >= 15 is 0 Å². The molecule has 7 N–H and O–H groups in total. The van der Waals surface area contributed by atoms with Gasteiger partial charge in [-0.05, 0) is 25.0 Å². The van der Waals surface area contributed by atoms with Crippen molar-refractivity contribution in [2.75, 3.05) is 17.7 Å². The van der Waals surface area contributed by atoms with Gasteiger partial charge in [-0.2, -0.15) is 4.98 Å². The first-order valence-corrected chi connectivity index (χ1v) is 10.2. The number of nitrogens with one attached hydrogen (secondary N) is 3. The van der Waals surface area contributed by atoms with E-state index in [0.717, 1.165) is 12.8 Å². The third-order valence-corrected chi connectivity index (χ3v) is 4.82. The minimum Gasteiger partial charge on any atom is -0.494 e. The Hall–Kier alpha value is -4.18. The summed E-state index contributed by atoms with van der Waals surface area (Å²) in [7, 11) is 1.38. The molecule has 0 atom stereocenters. The molecule has 1 fully saturated rings. The highest BCUT2D eigenvalue weighted by molar-refractivity contribution is 6.00. The Morgan fingerprint density at radius 2 is 1.97 bits per heavy atom. The van der Waals surface area contributed by atoms with Crippen molar-refractivity contribution in [3.05, 3.63) is 35.9 Å². The summed E-state index contributed by atoms with van der Waals surface area (Å²) in [6.45, 7) is -0.453. The van der Waals surface area contributed by atoms with E-state index in [0.29, 0.717) is 11.3 Å². The lowest BCUT2D eigenvalue weighted by molar-refractivity contribution is -0.323. The lowest BCUT2D eigenvalue weighted by Gasteiger charge is -2.18. The van der Waals surface area contributed by atoms with Crippen LogP contribution in [0.2, 0.25) is 0 Å². The van der Waals surface area contributed by atoms with Crippen LogP contribution in [0.4, 0.5) is 17.2 Å². The van der Waals surface area contributed by atoms with E-state index in [2.05, 4.69) is 31.0 Å². The van der Waals surface area contributed by atoms with Crippen LogP contribution in [0.5, 0.6) is 5.75 Å². The van der Waals surface area contributed by atoms with Crippen LogP contribution in [0.1, 0.15) is 29.2 Å². The number of carbonyl (C=O) groups excluding carboxylic acids is 2. The third kappa shape index (κ3) is 5.67. The highest BCUT2D eigenvalue weighted by Crippen LogP contribution is 2.37. The highest BCUT2D eigenvalue weighted by atomic mass is 16.7. The number of aliphatic hydroxyl groups is 4. The van der Waals surface area contributed by atoms with Gasteiger partial charge in [0.2, 0.25) is 11.7 Å². The maximum atomic E-state index is 12.5. The molecule has 1 aliphatic rings. The number of amides is 2. The highest BCUT2D eigenvalue weighted by Gasteiger charge is 2.31. The van der Waals surface area contributed by atoms with Gasteiger partial charge in [-0.25, -0.2) is 0 Å². The Morgan fingerprint density at radius 1 is 1.20 bits per heavy atom. The first-order valence-electron chi connectivity index (χ1n) is 10.2. The molecule has 0 saturated heterocycles. The van der Waals surface area contributed by atoms with E-state index in [1.54, 1.807) is 18.2 Å². The summed E-state index contributed by atoms with van der Waals surface area (Å²) < 4.78 is 10.4. The van der Waals surface area contributed by atoms with Crippen molar-refractivity contribution in [3.8, 4) is 17.1 Å². The van der Waals surface area contributed by atoms with E-state index < -0.39 is 24.3 Å². The topological polar surface area (TPSA) is 225 Å². The second-order valence-corrected chi connectivity index (χ2v) is 7.53. The predicted molar refractivity (Wildman–Crippen MR) is 116 cm³/mol. The van der Waals surface area contributed by atoms with Crippen molar-refractivity contribution in [2.45, 2.75) is 25.5 Å². The number of aromatic nitrogens is 4. The SMILES string of the molecule is COc1c(Nc2cc(NC(=O)C3CC3)nnc2C(=O)NC(O)(O)O)cccc1-c1noc(CO)n1. The number of methoxy groups -OCH3 is 1. The lowest BCUT2D eigenvalue weighted by Crippen LogP contribution is -2.48. The zero-order valence-electron chi connectivity index (χ0n) is 18.2. The van der Waals surface area contributed by atoms with Gasteiger partial charge in [0.1, 0.15) is 6.61 Å². The van der Waals surface area contributed by atoms with Crippen molar-refractivity contribution < 1.29 is 39.3 Å². The molecule has 1 aromatic carbocycles. The molecule has 0 bridgehead atoms. The Balaban J connectivity index is 1.72. The number of hydrogen-bond acceptors (Lipinski definition) is 13. The first kappa shape index (κ1) is 24.0. The maximum absolute atomic E-state index is 12.5. The molecular weight excluding hydrogens is 466 g/mol. The van der Waals surface area contributed by atoms with Crippen LogP contribution in [0.25, 0.3) is 11.4 Å². The molecule has 3 aromatic rings. The minimum atomic E-state index is -3.50. The van der Waals surface area contributed by atoms with Crippen LogP contribution < -0.4 is 20.7 Å². The molecule has 0 unspecified atom stereocenters. The van der Waals surface area contributed by atoms with Crippen LogP contribution >= 0.6 is 0 Å². The predicted octanol–water partition coefficient (Wildman–Crippen LogP) is -0.562. The summed E-state index contributed by atoms with van der Waals surface area (Å²) in [5.74, 6) is -1.18. The van der Waals surface area contributed by atoms with Crippen molar-refractivity contribution in [1.29, 1.82) is 0 Å². The number of rotatable bonds is 9. The van der Waals surface area contributed by atoms with E-state index in [-0.39, 0.29) is 40.8 Å². The summed E-state index contributed by atoms with van der Waals surface area (Å²) >= 11 is 0. The number of para-hydroxylation sites is 1. The van der Waals surface area contributed by atoms with Crippen molar-refractivity contribution in [2.24, 2.45) is 5.92 Å². The largest absolute Gasteiger partial charge is 0.494 e. The van der Waals surface area contributed by atoms with Gasteiger partial charge in [0.05, 0.1) is 24.0 Å². The number of carbonyl (C=O) groups is 2. The smallest absolute Gasteiger partial charge is 0.369 e. The molecule has 0 spiro atoms. The molecule has 184 valence electrons. The average molecular weight is 487 g/mol. The van der Waals surface area contributed by atoms with E-state index in [9.17, 15) is 14.7 Å². The number of nitrogens with zero attached hydrogens (tertiary/aromatic N) is 4. The molecule has 2 amide bonds. The average Bonchev–Trinajstić information content (AvgIpc) is 3.55. The quantitative estimate of drug-likeness (QED) is 0.188. The number of aliphatic hydroxyl groups excluding tert-OH is 1. The Kier molecular flexibility index (Phi) is 6.57. The molecule has 35 heavy (non-hydrogen) atoms. The molecule has 4 rings (SSSR count). The van der Waals surface area contributed by atoms with Gasteiger partial charge >= 0.3 is 6.10 Å². The fourth-order valence-electron chi connectivity index (χ4n) is 3.11. The van der Waals surface area contributed by atoms with Crippen LogP contribution in [-0.2, 0) is 11.4 Å². The number of benzene rings is 1. The van der Waals surface area contributed by atoms with Gasteiger partial charge in [0, 0.05) is 12.0 Å². The second-order valence-electron chi connectivity index (χ2n) is 7.53. The Labute approximate surface area is 196 Å². The summed E-state index contributed by atoms with van der Waals surface area (Å²) in [5, 5.41) is 55.0. The monoisotopic (exact) mass is 487 g/mol. The van der Waals surface area contributed by atoms with Crippen LogP contribution in [-0.4, -0.2) is 65.8 Å². The first-order chi connectivity index (χ1) is 16.7. The summed E-state index contributed by atoms with van der Waals surface area (Å²) in [5.41, 5.74) is 0.222. The fourth-order valence-corrected chi connectivity index (χ4v) is 3.11. The van der Waals surface area contributed by atoms with Gasteiger partial charge in [-0.3, -0.25) is 14.9 Å². The van der Waals surface area contributed by atoms with Gasteiger partial charge in [-0.1, -0.05) is 11.2 Å². The number of hydrogen-bond donors (Lipinski definition) is 7. The minimum absolute atomic E-state index is 0.00533. The zero-order valence-corrected chi connectivity index (χ0v) is 18.2. The number of anilines is 3. The Bertz CT molecular complexity index is 1250. The zero-order chi connectivity index (χ0) is 25.2. The van der Waals surface area contributed by atoms with Crippen LogP contribution in [0.15, 0.2) is 28.8 Å². The van der Waals surface area contributed by atoms with E-state index in [4.69, 9.17) is 24.6 Å². The second kappa shape index (κ2) is 9.59. The molecule has 0 aliphatic heterocycles. The van der Waals surface area contributed by atoms with E-state index in [1.807, 2.05) is 0 Å². The summed E-state index contributed by atoms with van der Waals surface area (Å²) in [6, 6.07) is 6.15.